The van der Waals surface area contributed by atoms with Crippen molar-refractivity contribution < 1.29 is 4.74 Å². The monoisotopic (exact) mass is 269 g/mol. The molecule has 0 aromatic heterocycles. The van der Waals surface area contributed by atoms with E-state index in [-0.39, 0.29) is 0 Å². The van der Waals surface area contributed by atoms with E-state index >= 15 is 0 Å². The Balaban J connectivity index is 2.05. The van der Waals surface area contributed by atoms with Gasteiger partial charge in [0.25, 0.3) is 0 Å². The van der Waals surface area contributed by atoms with Crippen molar-refractivity contribution in [2.24, 2.45) is 0 Å². The number of ether oxygens (including phenoxy) is 1. The van der Waals surface area contributed by atoms with Gasteiger partial charge in [-0.05, 0) is 48.7 Å². The lowest BCUT2D eigenvalue weighted by Crippen LogP contribution is -2.21. The summed E-state index contributed by atoms with van der Waals surface area (Å²) >= 11 is 0. The molecule has 106 valence electrons. The van der Waals surface area contributed by atoms with Gasteiger partial charge in [0.15, 0.2) is 0 Å². The quantitative estimate of drug-likeness (QED) is 0.857. The highest BCUT2D eigenvalue weighted by Crippen LogP contribution is 2.26. The Labute approximate surface area is 121 Å². The largest absolute Gasteiger partial charge is 0.457 e. The van der Waals surface area contributed by atoms with Crippen molar-refractivity contribution in [1.82, 2.24) is 5.32 Å². The molecule has 0 aliphatic rings. The Morgan fingerprint density at radius 2 is 1.70 bits per heavy atom. The van der Waals surface area contributed by atoms with Gasteiger partial charge in [-0.15, -0.1) is 0 Å². The van der Waals surface area contributed by atoms with Crippen LogP contribution in [0.5, 0.6) is 11.5 Å². The fraction of sp³-hybridized carbons (Fsp3) is 0.333. The van der Waals surface area contributed by atoms with Crippen LogP contribution in [0.4, 0.5) is 0 Å². The molecule has 2 heteroatoms. The first-order valence-electron chi connectivity index (χ1n) is 7.12. The molecule has 0 spiro atoms. The van der Waals surface area contributed by atoms with Crippen LogP contribution in [0.3, 0.4) is 0 Å². The van der Waals surface area contributed by atoms with E-state index < -0.39 is 0 Å². The van der Waals surface area contributed by atoms with Gasteiger partial charge in [0.2, 0.25) is 0 Å². The summed E-state index contributed by atoms with van der Waals surface area (Å²) in [5, 5.41) is 3.41. The second kappa shape index (κ2) is 6.58. The summed E-state index contributed by atoms with van der Waals surface area (Å²) in [6.45, 7) is 9.38. The second-order valence-electron chi connectivity index (χ2n) is 5.48. The van der Waals surface area contributed by atoms with E-state index in [2.05, 4.69) is 51.2 Å². The molecule has 1 N–H and O–H groups in total. The zero-order valence-corrected chi connectivity index (χ0v) is 12.7. The Morgan fingerprint density at radius 1 is 1.00 bits per heavy atom. The Bertz CT molecular complexity index is 558. The van der Waals surface area contributed by atoms with E-state index in [1.54, 1.807) is 0 Å². The normalized spacial score (nSPS) is 10.8. The average molecular weight is 269 g/mol. The van der Waals surface area contributed by atoms with Crippen LogP contribution < -0.4 is 10.1 Å². The van der Waals surface area contributed by atoms with Crippen LogP contribution in [-0.2, 0) is 6.54 Å². The maximum Gasteiger partial charge on any atom is 0.130 e. The fourth-order valence-corrected chi connectivity index (χ4v) is 1.96. The molecular formula is C18H23NO. The highest BCUT2D eigenvalue weighted by atomic mass is 16.5. The van der Waals surface area contributed by atoms with Crippen LogP contribution in [0.25, 0.3) is 0 Å². The number of benzene rings is 2. The van der Waals surface area contributed by atoms with Gasteiger partial charge in [-0.1, -0.05) is 38.1 Å². The van der Waals surface area contributed by atoms with E-state index in [1.807, 2.05) is 24.3 Å². The molecule has 2 nitrogen and oxygen atoms in total. The molecule has 0 atom stereocenters. The summed E-state index contributed by atoms with van der Waals surface area (Å²) in [5.74, 6) is 1.81. The molecule has 0 fully saturated rings. The van der Waals surface area contributed by atoms with Gasteiger partial charge in [0.05, 0.1) is 0 Å². The van der Waals surface area contributed by atoms with Gasteiger partial charge in [-0.2, -0.15) is 0 Å². The lowest BCUT2D eigenvalue weighted by atomic mass is 10.1. The lowest BCUT2D eigenvalue weighted by molar-refractivity contribution is 0.478. The molecule has 0 heterocycles. The topological polar surface area (TPSA) is 21.3 Å². The van der Waals surface area contributed by atoms with Crippen LogP contribution >= 0.6 is 0 Å². The summed E-state index contributed by atoms with van der Waals surface area (Å²) in [6, 6.07) is 14.9. The van der Waals surface area contributed by atoms with Gasteiger partial charge >= 0.3 is 0 Å². The minimum Gasteiger partial charge on any atom is -0.457 e. The van der Waals surface area contributed by atoms with Crippen LogP contribution in [0, 0.1) is 13.8 Å². The molecular weight excluding hydrogens is 246 g/mol. The predicted molar refractivity (Wildman–Crippen MR) is 84.4 cm³/mol. The standard InChI is InChI=1S/C18H23NO/c1-13(2)19-12-16-8-10-17(11-9-16)20-18-7-5-6-14(3)15(18)4/h5-11,13,19H,12H2,1-4H3. The van der Waals surface area contributed by atoms with Gasteiger partial charge in [0.1, 0.15) is 11.5 Å². The van der Waals surface area contributed by atoms with Crippen LogP contribution in [0.2, 0.25) is 0 Å². The van der Waals surface area contributed by atoms with Crippen molar-refractivity contribution in [3.63, 3.8) is 0 Å². The first kappa shape index (κ1) is 14.6. The van der Waals surface area contributed by atoms with E-state index in [9.17, 15) is 0 Å². The Hall–Kier alpha value is -1.80. The van der Waals surface area contributed by atoms with E-state index in [1.165, 1.54) is 16.7 Å². The summed E-state index contributed by atoms with van der Waals surface area (Å²) in [7, 11) is 0. The zero-order chi connectivity index (χ0) is 14.5. The molecule has 0 bridgehead atoms. The number of aryl methyl sites for hydroxylation is 1. The van der Waals surface area contributed by atoms with Crippen molar-refractivity contribution >= 4 is 0 Å². The van der Waals surface area contributed by atoms with Gasteiger partial charge in [-0.3, -0.25) is 0 Å². The fourth-order valence-electron chi connectivity index (χ4n) is 1.96. The summed E-state index contributed by atoms with van der Waals surface area (Å²) in [4.78, 5) is 0. The molecule has 0 saturated heterocycles. The highest BCUT2D eigenvalue weighted by Gasteiger charge is 2.03. The Kier molecular flexibility index (Phi) is 4.80. The molecule has 0 aliphatic heterocycles. The van der Waals surface area contributed by atoms with Crippen molar-refractivity contribution in [2.75, 3.05) is 0 Å². The third-order valence-corrected chi connectivity index (χ3v) is 3.42. The predicted octanol–water partition coefficient (Wildman–Crippen LogP) is 4.59. The first-order chi connectivity index (χ1) is 9.56. The smallest absolute Gasteiger partial charge is 0.130 e. The summed E-state index contributed by atoms with van der Waals surface area (Å²) < 4.78 is 5.95. The van der Waals surface area contributed by atoms with Gasteiger partial charge in [0, 0.05) is 12.6 Å². The molecule has 2 rings (SSSR count). The molecule has 0 amide bonds. The zero-order valence-electron chi connectivity index (χ0n) is 12.7. The van der Waals surface area contributed by atoms with Gasteiger partial charge in [-0.25, -0.2) is 0 Å². The van der Waals surface area contributed by atoms with E-state index in [0.717, 1.165) is 18.0 Å². The molecule has 0 saturated carbocycles. The number of hydrogen-bond donors (Lipinski definition) is 1. The minimum absolute atomic E-state index is 0.501. The molecule has 2 aromatic rings. The molecule has 0 unspecified atom stereocenters. The SMILES string of the molecule is Cc1cccc(Oc2ccc(CNC(C)C)cc2)c1C. The summed E-state index contributed by atoms with van der Waals surface area (Å²) in [5.41, 5.74) is 3.71. The van der Waals surface area contributed by atoms with Crippen molar-refractivity contribution in [3.8, 4) is 11.5 Å². The van der Waals surface area contributed by atoms with E-state index in [4.69, 9.17) is 4.74 Å². The number of nitrogens with one attached hydrogen (secondary N) is 1. The maximum absolute atomic E-state index is 5.95. The van der Waals surface area contributed by atoms with Crippen LogP contribution in [0.15, 0.2) is 42.5 Å². The van der Waals surface area contributed by atoms with Crippen molar-refractivity contribution in [2.45, 2.75) is 40.3 Å². The van der Waals surface area contributed by atoms with Gasteiger partial charge < -0.3 is 10.1 Å². The first-order valence-corrected chi connectivity index (χ1v) is 7.12. The molecule has 2 aromatic carbocycles. The highest BCUT2D eigenvalue weighted by molar-refractivity contribution is 5.41. The maximum atomic E-state index is 5.95. The number of hydrogen-bond acceptors (Lipinski definition) is 2. The van der Waals surface area contributed by atoms with Crippen LogP contribution in [0.1, 0.15) is 30.5 Å². The third-order valence-electron chi connectivity index (χ3n) is 3.42. The van der Waals surface area contributed by atoms with Crippen LogP contribution in [-0.4, -0.2) is 6.04 Å². The second-order valence-corrected chi connectivity index (χ2v) is 5.48. The third kappa shape index (κ3) is 3.84. The molecule has 0 radical (unpaired) electrons. The van der Waals surface area contributed by atoms with Crippen molar-refractivity contribution in [1.29, 1.82) is 0 Å². The minimum atomic E-state index is 0.501. The van der Waals surface area contributed by atoms with Crippen molar-refractivity contribution in [3.05, 3.63) is 59.2 Å². The number of rotatable bonds is 5. The Morgan fingerprint density at radius 3 is 2.35 bits per heavy atom. The van der Waals surface area contributed by atoms with E-state index in [0.29, 0.717) is 6.04 Å². The molecule has 20 heavy (non-hydrogen) atoms. The molecule has 0 aliphatic carbocycles. The summed E-state index contributed by atoms with van der Waals surface area (Å²) in [6.07, 6.45) is 0. The lowest BCUT2D eigenvalue weighted by Gasteiger charge is -2.12. The average Bonchev–Trinajstić information content (AvgIpc) is 2.43.